The lowest BCUT2D eigenvalue weighted by molar-refractivity contribution is 0.267. The Balaban J connectivity index is 0.00000363. The van der Waals surface area contributed by atoms with Crippen LogP contribution in [0, 0.1) is 6.92 Å². The number of rotatable bonds is 11. The molecule has 0 aliphatic heterocycles. The highest BCUT2D eigenvalue weighted by Gasteiger charge is 2.13. The molecule has 3 aromatic carbocycles. The summed E-state index contributed by atoms with van der Waals surface area (Å²) in [5, 5.41) is 3.51. The van der Waals surface area contributed by atoms with Gasteiger partial charge >= 0.3 is 0 Å². The van der Waals surface area contributed by atoms with E-state index in [-0.39, 0.29) is 12.4 Å². The van der Waals surface area contributed by atoms with Gasteiger partial charge in [-0.1, -0.05) is 42.0 Å². The summed E-state index contributed by atoms with van der Waals surface area (Å²) in [4.78, 5) is 0. The van der Waals surface area contributed by atoms with Gasteiger partial charge in [-0.3, -0.25) is 0 Å². The van der Waals surface area contributed by atoms with Crippen molar-refractivity contribution in [1.82, 2.24) is 5.32 Å². The van der Waals surface area contributed by atoms with Gasteiger partial charge in [0, 0.05) is 6.54 Å². The molecule has 0 spiro atoms. The van der Waals surface area contributed by atoms with Crippen molar-refractivity contribution in [2.45, 2.75) is 33.4 Å². The van der Waals surface area contributed by atoms with Crippen LogP contribution in [-0.4, -0.2) is 20.3 Å². The molecule has 0 aliphatic carbocycles. The van der Waals surface area contributed by atoms with Crippen LogP contribution in [0.4, 0.5) is 0 Å². The lowest BCUT2D eigenvalue weighted by Crippen LogP contribution is -2.17. The fraction of sp³-hybridized carbons (Fsp3) is 0.308. The highest BCUT2D eigenvalue weighted by atomic mass is 79.9. The SMILES string of the molecule is CCOc1cc(CNCCc2ccc(OC)cc2)cc(Br)c1OCc1ccc(C)cc1.Cl. The number of aryl methyl sites for hydroxylation is 1. The van der Waals surface area contributed by atoms with Crippen molar-refractivity contribution < 1.29 is 14.2 Å². The first kappa shape index (κ1) is 26.0. The van der Waals surface area contributed by atoms with Gasteiger partial charge in [-0.05, 0) is 83.7 Å². The minimum atomic E-state index is 0. The first-order valence-corrected chi connectivity index (χ1v) is 11.4. The number of methoxy groups -OCH3 is 1. The van der Waals surface area contributed by atoms with E-state index in [9.17, 15) is 0 Å². The molecule has 4 nitrogen and oxygen atoms in total. The third-order valence-electron chi connectivity index (χ3n) is 4.95. The van der Waals surface area contributed by atoms with Crippen molar-refractivity contribution in [3.8, 4) is 17.2 Å². The summed E-state index contributed by atoms with van der Waals surface area (Å²) in [6.45, 7) is 6.79. The molecule has 32 heavy (non-hydrogen) atoms. The number of hydrogen-bond acceptors (Lipinski definition) is 4. The van der Waals surface area contributed by atoms with Gasteiger partial charge in [-0.25, -0.2) is 0 Å². The van der Waals surface area contributed by atoms with Crippen molar-refractivity contribution in [3.63, 3.8) is 0 Å². The molecule has 0 unspecified atom stereocenters. The molecule has 0 aromatic heterocycles. The van der Waals surface area contributed by atoms with Crippen molar-refractivity contribution in [1.29, 1.82) is 0 Å². The Morgan fingerprint density at radius 3 is 2.22 bits per heavy atom. The monoisotopic (exact) mass is 519 g/mol. The van der Waals surface area contributed by atoms with Crippen LogP contribution in [0.5, 0.6) is 17.2 Å². The van der Waals surface area contributed by atoms with Crippen LogP contribution < -0.4 is 19.5 Å². The smallest absolute Gasteiger partial charge is 0.175 e. The first-order valence-electron chi connectivity index (χ1n) is 10.6. The minimum Gasteiger partial charge on any atom is -0.497 e. The second-order valence-electron chi connectivity index (χ2n) is 7.39. The third kappa shape index (κ3) is 7.73. The number of nitrogens with one attached hydrogen (secondary N) is 1. The molecule has 3 aromatic rings. The summed E-state index contributed by atoms with van der Waals surface area (Å²) < 4.78 is 18.1. The predicted octanol–water partition coefficient (Wildman–Crippen LogP) is 6.50. The normalized spacial score (nSPS) is 10.4. The van der Waals surface area contributed by atoms with Crippen LogP contribution >= 0.6 is 28.3 Å². The number of benzene rings is 3. The van der Waals surface area contributed by atoms with E-state index in [0.29, 0.717) is 13.2 Å². The summed E-state index contributed by atoms with van der Waals surface area (Å²) in [7, 11) is 1.68. The van der Waals surface area contributed by atoms with Crippen molar-refractivity contribution in [2.75, 3.05) is 20.3 Å². The van der Waals surface area contributed by atoms with E-state index in [1.54, 1.807) is 7.11 Å². The van der Waals surface area contributed by atoms with Gasteiger partial charge in [0.05, 0.1) is 18.2 Å². The maximum absolute atomic E-state index is 6.10. The molecule has 172 valence electrons. The molecule has 3 rings (SSSR count). The van der Waals surface area contributed by atoms with Gasteiger partial charge in [0.15, 0.2) is 11.5 Å². The Labute approximate surface area is 205 Å². The minimum absolute atomic E-state index is 0. The second kappa shape index (κ2) is 13.4. The standard InChI is InChI=1S/C26H30BrNO3.ClH/c1-4-30-25-16-22(17-28-14-13-20-9-11-23(29-3)12-10-20)15-24(27)26(25)31-18-21-7-5-19(2)6-8-21;/h5-12,15-16,28H,4,13-14,17-18H2,1-3H3;1H. The van der Waals surface area contributed by atoms with Gasteiger partial charge < -0.3 is 19.5 Å². The summed E-state index contributed by atoms with van der Waals surface area (Å²) >= 11 is 3.67. The second-order valence-corrected chi connectivity index (χ2v) is 8.24. The molecule has 0 amide bonds. The molecule has 0 heterocycles. The van der Waals surface area contributed by atoms with Gasteiger partial charge in [-0.15, -0.1) is 12.4 Å². The molecule has 0 radical (unpaired) electrons. The molecule has 0 fully saturated rings. The summed E-state index contributed by atoms with van der Waals surface area (Å²) in [6.07, 6.45) is 0.960. The van der Waals surface area contributed by atoms with Gasteiger partial charge in [0.25, 0.3) is 0 Å². The van der Waals surface area contributed by atoms with Crippen LogP contribution in [0.25, 0.3) is 0 Å². The molecule has 0 saturated carbocycles. The summed E-state index contributed by atoms with van der Waals surface area (Å²) in [5.74, 6) is 2.38. The highest BCUT2D eigenvalue weighted by molar-refractivity contribution is 9.10. The molecular formula is C26H31BrClNO3. The third-order valence-corrected chi connectivity index (χ3v) is 5.54. The van der Waals surface area contributed by atoms with Crippen molar-refractivity contribution >= 4 is 28.3 Å². The number of hydrogen-bond donors (Lipinski definition) is 1. The Morgan fingerprint density at radius 1 is 0.875 bits per heavy atom. The van der Waals surface area contributed by atoms with Crippen LogP contribution in [0.3, 0.4) is 0 Å². The molecule has 0 aliphatic rings. The Kier molecular flexibility index (Phi) is 10.9. The Hall–Kier alpha value is -2.21. The van der Waals surface area contributed by atoms with E-state index in [1.165, 1.54) is 11.1 Å². The van der Waals surface area contributed by atoms with Crippen LogP contribution in [0.15, 0.2) is 65.1 Å². The lowest BCUT2D eigenvalue weighted by atomic mass is 10.1. The summed E-state index contributed by atoms with van der Waals surface area (Å²) in [6, 6.07) is 20.7. The zero-order valence-corrected chi connectivity index (χ0v) is 21.2. The van der Waals surface area contributed by atoms with Gasteiger partial charge in [0.1, 0.15) is 12.4 Å². The fourth-order valence-corrected chi connectivity index (χ4v) is 3.83. The largest absolute Gasteiger partial charge is 0.497 e. The zero-order valence-electron chi connectivity index (χ0n) is 18.8. The maximum atomic E-state index is 6.10. The average molecular weight is 521 g/mol. The highest BCUT2D eigenvalue weighted by Crippen LogP contribution is 2.37. The molecule has 6 heteroatoms. The Morgan fingerprint density at radius 2 is 1.56 bits per heavy atom. The van der Waals surface area contributed by atoms with E-state index in [0.717, 1.165) is 52.4 Å². The van der Waals surface area contributed by atoms with Crippen molar-refractivity contribution in [3.05, 3.63) is 87.4 Å². The van der Waals surface area contributed by atoms with Crippen LogP contribution in [0.2, 0.25) is 0 Å². The molecule has 0 atom stereocenters. The molecular weight excluding hydrogens is 490 g/mol. The zero-order chi connectivity index (χ0) is 22.1. The van der Waals surface area contributed by atoms with E-state index < -0.39 is 0 Å². The maximum Gasteiger partial charge on any atom is 0.175 e. The van der Waals surface area contributed by atoms with Gasteiger partial charge in [-0.2, -0.15) is 0 Å². The van der Waals surface area contributed by atoms with E-state index in [4.69, 9.17) is 14.2 Å². The van der Waals surface area contributed by atoms with E-state index >= 15 is 0 Å². The van der Waals surface area contributed by atoms with Crippen molar-refractivity contribution in [2.24, 2.45) is 0 Å². The van der Waals surface area contributed by atoms with Gasteiger partial charge in [0.2, 0.25) is 0 Å². The number of ether oxygens (including phenoxy) is 3. The molecule has 0 bridgehead atoms. The van der Waals surface area contributed by atoms with Crippen LogP contribution in [-0.2, 0) is 19.6 Å². The Bertz CT molecular complexity index is 962. The first-order chi connectivity index (χ1) is 15.1. The number of halogens is 2. The van der Waals surface area contributed by atoms with Crippen LogP contribution in [0.1, 0.15) is 29.2 Å². The average Bonchev–Trinajstić information content (AvgIpc) is 2.78. The topological polar surface area (TPSA) is 39.7 Å². The van der Waals surface area contributed by atoms with E-state index in [1.807, 2.05) is 19.1 Å². The quantitative estimate of drug-likeness (QED) is 0.293. The lowest BCUT2D eigenvalue weighted by Gasteiger charge is -2.16. The predicted molar refractivity (Wildman–Crippen MR) is 136 cm³/mol. The van der Waals surface area contributed by atoms with E-state index in [2.05, 4.69) is 76.7 Å². The molecule has 1 N–H and O–H groups in total. The summed E-state index contributed by atoms with van der Waals surface area (Å²) in [5.41, 5.74) is 4.80. The fourth-order valence-electron chi connectivity index (χ4n) is 3.22. The molecule has 0 saturated heterocycles.